The van der Waals surface area contributed by atoms with Gasteiger partial charge in [0.25, 0.3) is 0 Å². The SMILES string of the molecule is N[C@@H](Cc1ccc(F)nc1)C(=O)O. The van der Waals surface area contributed by atoms with Crippen molar-refractivity contribution in [1.29, 1.82) is 0 Å². The molecule has 3 N–H and O–H groups in total. The van der Waals surface area contributed by atoms with Crippen LogP contribution in [0, 0.1) is 5.95 Å². The maximum atomic E-state index is 12.3. The van der Waals surface area contributed by atoms with Gasteiger partial charge in [0.1, 0.15) is 6.04 Å². The minimum atomic E-state index is -1.08. The van der Waals surface area contributed by atoms with Crippen molar-refractivity contribution in [2.75, 3.05) is 0 Å². The highest BCUT2D eigenvalue weighted by molar-refractivity contribution is 5.73. The molecule has 1 heterocycles. The summed E-state index contributed by atoms with van der Waals surface area (Å²) in [5.41, 5.74) is 5.87. The normalized spacial score (nSPS) is 12.5. The molecule has 0 saturated heterocycles. The van der Waals surface area contributed by atoms with Gasteiger partial charge >= 0.3 is 5.97 Å². The van der Waals surface area contributed by atoms with Crippen LogP contribution in [0.3, 0.4) is 0 Å². The van der Waals surface area contributed by atoms with Gasteiger partial charge in [0, 0.05) is 6.20 Å². The van der Waals surface area contributed by atoms with Crippen molar-refractivity contribution in [3.05, 3.63) is 29.8 Å². The molecule has 13 heavy (non-hydrogen) atoms. The molecule has 0 saturated carbocycles. The van der Waals surface area contributed by atoms with Crippen LogP contribution < -0.4 is 5.73 Å². The number of pyridine rings is 1. The topological polar surface area (TPSA) is 76.2 Å². The van der Waals surface area contributed by atoms with Gasteiger partial charge in [-0.1, -0.05) is 6.07 Å². The summed E-state index contributed by atoms with van der Waals surface area (Å²) >= 11 is 0. The molecule has 0 aromatic carbocycles. The average Bonchev–Trinajstić information content (AvgIpc) is 2.08. The summed E-state index contributed by atoms with van der Waals surface area (Å²) in [5.74, 6) is -1.67. The Morgan fingerprint density at radius 2 is 2.38 bits per heavy atom. The standard InChI is InChI=1S/C8H9FN2O2/c9-7-2-1-5(4-11-7)3-6(10)8(12)13/h1-2,4,6H,3,10H2,(H,12,13)/t6-/m0/s1. The van der Waals surface area contributed by atoms with Crippen molar-refractivity contribution in [1.82, 2.24) is 4.98 Å². The minimum Gasteiger partial charge on any atom is -0.480 e. The van der Waals surface area contributed by atoms with Gasteiger partial charge in [0.05, 0.1) is 0 Å². The van der Waals surface area contributed by atoms with Crippen molar-refractivity contribution < 1.29 is 14.3 Å². The Hall–Kier alpha value is -1.49. The zero-order chi connectivity index (χ0) is 9.84. The van der Waals surface area contributed by atoms with Crippen LogP contribution in [0.5, 0.6) is 0 Å². The number of halogens is 1. The number of carboxylic acid groups (broad SMARTS) is 1. The Balaban J connectivity index is 2.64. The number of rotatable bonds is 3. The minimum absolute atomic E-state index is 0.155. The van der Waals surface area contributed by atoms with Crippen LogP contribution in [0.4, 0.5) is 4.39 Å². The molecule has 0 aliphatic heterocycles. The van der Waals surface area contributed by atoms with Gasteiger partial charge in [-0.3, -0.25) is 4.79 Å². The largest absolute Gasteiger partial charge is 0.480 e. The summed E-state index contributed by atoms with van der Waals surface area (Å²) in [6.45, 7) is 0. The third-order valence-electron chi connectivity index (χ3n) is 1.56. The molecule has 1 aromatic heterocycles. The first-order chi connectivity index (χ1) is 6.09. The van der Waals surface area contributed by atoms with Crippen LogP contribution in [0.2, 0.25) is 0 Å². The van der Waals surface area contributed by atoms with E-state index in [0.29, 0.717) is 5.56 Å². The summed E-state index contributed by atoms with van der Waals surface area (Å²) in [7, 11) is 0. The van der Waals surface area contributed by atoms with Gasteiger partial charge in [-0.15, -0.1) is 0 Å². The molecule has 5 heteroatoms. The van der Waals surface area contributed by atoms with Crippen molar-refractivity contribution in [3.63, 3.8) is 0 Å². The molecule has 1 aromatic rings. The van der Waals surface area contributed by atoms with Crippen LogP contribution >= 0.6 is 0 Å². The maximum Gasteiger partial charge on any atom is 0.320 e. The Morgan fingerprint density at radius 3 is 2.85 bits per heavy atom. The molecular formula is C8H9FN2O2. The van der Waals surface area contributed by atoms with Crippen molar-refractivity contribution in [2.45, 2.75) is 12.5 Å². The van der Waals surface area contributed by atoms with E-state index in [4.69, 9.17) is 10.8 Å². The second-order valence-electron chi connectivity index (χ2n) is 2.64. The van der Waals surface area contributed by atoms with Gasteiger partial charge in [-0.2, -0.15) is 4.39 Å². The molecule has 0 fully saturated rings. The fourth-order valence-electron chi connectivity index (χ4n) is 0.868. The quantitative estimate of drug-likeness (QED) is 0.657. The highest BCUT2D eigenvalue weighted by atomic mass is 19.1. The molecule has 0 radical (unpaired) electrons. The number of aliphatic carboxylic acids is 1. The summed E-state index contributed by atoms with van der Waals surface area (Å²) in [6.07, 6.45) is 1.43. The predicted molar refractivity (Wildman–Crippen MR) is 43.5 cm³/mol. The van der Waals surface area contributed by atoms with Gasteiger partial charge in [0.2, 0.25) is 5.95 Å². The first kappa shape index (κ1) is 9.60. The fraction of sp³-hybridized carbons (Fsp3) is 0.250. The molecule has 4 nitrogen and oxygen atoms in total. The van der Waals surface area contributed by atoms with E-state index in [1.54, 1.807) is 0 Å². The van der Waals surface area contributed by atoms with E-state index in [2.05, 4.69) is 4.98 Å². The lowest BCUT2D eigenvalue weighted by Gasteiger charge is -2.04. The Kier molecular flexibility index (Phi) is 2.92. The molecule has 0 spiro atoms. The molecule has 0 aliphatic carbocycles. The monoisotopic (exact) mass is 184 g/mol. The second-order valence-corrected chi connectivity index (χ2v) is 2.64. The van der Waals surface area contributed by atoms with Crippen LogP contribution in [0.1, 0.15) is 5.56 Å². The molecule has 0 aliphatic rings. The lowest BCUT2D eigenvalue weighted by Crippen LogP contribution is -2.32. The number of aromatic nitrogens is 1. The van der Waals surface area contributed by atoms with E-state index < -0.39 is 18.0 Å². The van der Waals surface area contributed by atoms with Gasteiger partial charge in [0.15, 0.2) is 0 Å². The number of hydrogen-bond donors (Lipinski definition) is 2. The molecule has 0 unspecified atom stereocenters. The molecule has 1 atom stereocenters. The van der Waals surface area contributed by atoms with Crippen molar-refractivity contribution >= 4 is 5.97 Å². The molecule has 0 amide bonds. The first-order valence-electron chi connectivity index (χ1n) is 3.68. The molecule has 1 rings (SSSR count). The van der Waals surface area contributed by atoms with E-state index in [-0.39, 0.29) is 6.42 Å². The van der Waals surface area contributed by atoms with Gasteiger partial charge in [-0.05, 0) is 18.1 Å². The van der Waals surface area contributed by atoms with E-state index in [0.717, 1.165) is 0 Å². The highest BCUT2D eigenvalue weighted by Crippen LogP contribution is 2.01. The number of carboxylic acids is 1. The third-order valence-corrected chi connectivity index (χ3v) is 1.56. The van der Waals surface area contributed by atoms with Crippen LogP contribution in [-0.4, -0.2) is 22.1 Å². The predicted octanol–water partition coefficient (Wildman–Crippen LogP) is 0.175. The highest BCUT2D eigenvalue weighted by Gasteiger charge is 2.11. The second kappa shape index (κ2) is 3.95. The Labute approximate surface area is 74.2 Å². The van der Waals surface area contributed by atoms with Crippen LogP contribution in [0.15, 0.2) is 18.3 Å². The third kappa shape index (κ3) is 2.79. The first-order valence-corrected chi connectivity index (χ1v) is 3.68. The van der Waals surface area contributed by atoms with Crippen molar-refractivity contribution in [3.8, 4) is 0 Å². The van der Waals surface area contributed by atoms with Crippen LogP contribution in [-0.2, 0) is 11.2 Å². The summed E-state index contributed by atoms with van der Waals surface area (Å²) in [4.78, 5) is 13.7. The summed E-state index contributed by atoms with van der Waals surface area (Å²) in [5, 5.41) is 8.48. The van der Waals surface area contributed by atoms with Crippen LogP contribution in [0.25, 0.3) is 0 Å². The number of nitrogens with two attached hydrogens (primary N) is 1. The number of carbonyl (C=O) groups is 1. The maximum absolute atomic E-state index is 12.3. The fourth-order valence-corrected chi connectivity index (χ4v) is 0.868. The lowest BCUT2D eigenvalue weighted by molar-refractivity contribution is -0.138. The Bertz CT molecular complexity index is 300. The Morgan fingerprint density at radius 1 is 1.69 bits per heavy atom. The van der Waals surface area contributed by atoms with E-state index in [1.165, 1.54) is 18.3 Å². The summed E-state index contributed by atoms with van der Waals surface area (Å²) in [6, 6.07) is 1.67. The van der Waals surface area contributed by atoms with E-state index in [9.17, 15) is 9.18 Å². The average molecular weight is 184 g/mol. The molecule has 0 bridgehead atoms. The number of hydrogen-bond acceptors (Lipinski definition) is 3. The van der Waals surface area contributed by atoms with E-state index >= 15 is 0 Å². The molecule has 70 valence electrons. The zero-order valence-corrected chi connectivity index (χ0v) is 6.77. The van der Waals surface area contributed by atoms with Gasteiger partial charge < -0.3 is 10.8 Å². The number of nitrogens with zero attached hydrogens (tertiary/aromatic N) is 1. The molecular weight excluding hydrogens is 175 g/mol. The van der Waals surface area contributed by atoms with Crippen molar-refractivity contribution in [2.24, 2.45) is 5.73 Å². The smallest absolute Gasteiger partial charge is 0.320 e. The van der Waals surface area contributed by atoms with E-state index in [1.807, 2.05) is 0 Å². The zero-order valence-electron chi connectivity index (χ0n) is 6.77. The lowest BCUT2D eigenvalue weighted by atomic mass is 10.1. The van der Waals surface area contributed by atoms with Gasteiger partial charge in [-0.25, -0.2) is 4.98 Å². The summed E-state index contributed by atoms with van der Waals surface area (Å²) < 4.78 is 12.3.